The third-order valence-electron chi connectivity index (χ3n) is 3.10. The summed E-state index contributed by atoms with van der Waals surface area (Å²) in [6.45, 7) is 3.06. The molecule has 9 heteroatoms. The first-order valence-electron chi connectivity index (χ1n) is 6.32. The number of hydrogen-bond acceptors (Lipinski definition) is 6. The van der Waals surface area contributed by atoms with E-state index in [1.165, 1.54) is 0 Å². The van der Waals surface area contributed by atoms with E-state index < -0.39 is 19.9 Å². The highest BCUT2D eigenvalue weighted by molar-refractivity contribution is 7.93. The fourth-order valence-corrected chi connectivity index (χ4v) is 4.98. The van der Waals surface area contributed by atoms with Crippen LogP contribution in [-0.2, 0) is 19.9 Å². The first-order valence-corrected chi connectivity index (χ1v) is 10.0. The molecule has 0 unspecified atom stereocenters. The fourth-order valence-electron chi connectivity index (χ4n) is 2.03. The Morgan fingerprint density at radius 1 is 1.16 bits per heavy atom. The van der Waals surface area contributed by atoms with Crippen LogP contribution in [0.25, 0.3) is 0 Å². The van der Waals surface area contributed by atoms with Crippen molar-refractivity contribution in [1.82, 2.24) is 9.62 Å². The van der Waals surface area contributed by atoms with Crippen LogP contribution in [0.5, 0.6) is 0 Å². The van der Waals surface area contributed by atoms with E-state index >= 15 is 0 Å². The predicted octanol–water partition coefficient (Wildman–Crippen LogP) is -1.63. The first-order chi connectivity index (χ1) is 8.72. The molecule has 0 radical (unpaired) electrons. The van der Waals surface area contributed by atoms with Crippen molar-refractivity contribution >= 4 is 19.9 Å². The molecule has 0 saturated carbocycles. The molecule has 0 atom stereocenters. The zero-order valence-corrected chi connectivity index (χ0v) is 12.8. The summed E-state index contributed by atoms with van der Waals surface area (Å²) in [7, 11) is -6.77. The maximum absolute atomic E-state index is 11.7. The van der Waals surface area contributed by atoms with Crippen molar-refractivity contribution in [1.29, 1.82) is 0 Å². The van der Waals surface area contributed by atoms with Gasteiger partial charge in [0, 0.05) is 25.4 Å². The maximum Gasteiger partial charge on any atom is 0.212 e. The molecule has 0 aliphatic carbocycles. The summed E-state index contributed by atoms with van der Waals surface area (Å²) in [4.78, 5) is 2.20. The molecule has 0 amide bonds. The summed E-state index contributed by atoms with van der Waals surface area (Å²) in [5, 5.41) is 0. The van der Waals surface area contributed by atoms with E-state index in [1.807, 2.05) is 0 Å². The Hall–Kier alpha value is -0.220. The van der Waals surface area contributed by atoms with Crippen molar-refractivity contribution in [2.45, 2.75) is 18.9 Å². The number of rotatable bonds is 7. The van der Waals surface area contributed by atoms with E-state index in [2.05, 4.69) is 9.62 Å². The minimum Gasteiger partial charge on any atom is -0.329 e. The minimum absolute atomic E-state index is 0.0985. The number of nitrogens with one attached hydrogen (secondary N) is 1. The highest BCUT2D eigenvalue weighted by atomic mass is 32.2. The second-order valence-electron chi connectivity index (χ2n) is 4.97. The van der Waals surface area contributed by atoms with Gasteiger partial charge in [0.25, 0.3) is 0 Å². The molecule has 7 nitrogen and oxygen atoms in total. The van der Waals surface area contributed by atoms with Gasteiger partial charge in [-0.1, -0.05) is 0 Å². The molecule has 0 bridgehead atoms. The third-order valence-corrected chi connectivity index (χ3v) is 5.74. The van der Waals surface area contributed by atoms with E-state index in [4.69, 9.17) is 5.73 Å². The summed E-state index contributed by atoms with van der Waals surface area (Å²) in [6, 6.07) is -0.0985. The van der Waals surface area contributed by atoms with Crippen LogP contribution >= 0.6 is 0 Å². The number of nitrogens with zero attached hydrogens (tertiary/aromatic N) is 1. The van der Waals surface area contributed by atoms with Crippen LogP contribution < -0.4 is 10.5 Å². The molecule has 0 aromatic carbocycles. The van der Waals surface area contributed by atoms with Crippen LogP contribution in [-0.4, -0.2) is 71.7 Å². The molecule has 3 N–H and O–H groups in total. The zero-order valence-electron chi connectivity index (χ0n) is 11.2. The minimum atomic E-state index is -3.52. The summed E-state index contributed by atoms with van der Waals surface area (Å²) in [5.74, 6) is -0.705. The third kappa shape index (κ3) is 7.21. The lowest BCUT2D eigenvalue weighted by Gasteiger charge is -2.31. The van der Waals surface area contributed by atoms with E-state index in [0.717, 1.165) is 38.7 Å². The molecule has 1 fully saturated rings. The Kier molecular flexibility index (Phi) is 6.18. The molecular weight excluding hydrogens is 290 g/mol. The highest BCUT2D eigenvalue weighted by Crippen LogP contribution is 2.10. The van der Waals surface area contributed by atoms with Crippen molar-refractivity contribution in [3.63, 3.8) is 0 Å². The van der Waals surface area contributed by atoms with Gasteiger partial charge in [-0.3, -0.25) is 0 Å². The van der Waals surface area contributed by atoms with Gasteiger partial charge in [-0.05, 0) is 25.9 Å². The Balaban J connectivity index is 2.39. The quantitative estimate of drug-likeness (QED) is 0.584. The average molecular weight is 313 g/mol. The number of nitrogens with two attached hydrogens (primary N) is 1. The van der Waals surface area contributed by atoms with Crippen LogP contribution in [0, 0.1) is 0 Å². The number of likely N-dealkylation sites (tertiary alicyclic amines) is 1. The molecule has 114 valence electrons. The molecule has 1 rings (SSSR count). The Morgan fingerprint density at radius 2 is 1.74 bits per heavy atom. The number of sulfone groups is 1. The lowest BCUT2D eigenvalue weighted by atomic mass is 10.1. The van der Waals surface area contributed by atoms with Gasteiger partial charge < -0.3 is 10.6 Å². The Labute approximate surface area is 115 Å². The zero-order chi connectivity index (χ0) is 14.5. The first kappa shape index (κ1) is 16.8. The molecular formula is C10H23N3O4S2. The lowest BCUT2D eigenvalue weighted by Crippen LogP contribution is -2.46. The molecule has 1 aliphatic heterocycles. The second-order valence-corrected chi connectivity index (χ2v) is 9.10. The normalized spacial score (nSPS) is 19.7. The Morgan fingerprint density at radius 3 is 2.21 bits per heavy atom. The van der Waals surface area contributed by atoms with E-state index in [-0.39, 0.29) is 17.5 Å². The van der Waals surface area contributed by atoms with Gasteiger partial charge >= 0.3 is 0 Å². The van der Waals surface area contributed by atoms with Gasteiger partial charge in [0.2, 0.25) is 10.0 Å². The van der Waals surface area contributed by atoms with E-state index in [1.54, 1.807) is 0 Å². The topological polar surface area (TPSA) is 110 Å². The van der Waals surface area contributed by atoms with Crippen molar-refractivity contribution < 1.29 is 16.8 Å². The van der Waals surface area contributed by atoms with Crippen molar-refractivity contribution in [2.24, 2.45) is 5.73 Å². The summed E-state index contributed by atoms with van der Waals surface area (Å²) in [6.07, 6.45) is 2.50. The molecule has 1 saturated heterocycles. The van der Waals surface area contributed by atoms with Gasteiger partial charge in [-0.15, -0.1) is 0 Å². The smallest absolute Gasteiger partial charge is 0.212 e. The Bertz CT molecular complexity index is 467. The van der Waals surface area contributed by atoms with Gasteiger partial charge in [-0.25, -0.2) is 21.6 Å². The fraction of sp³-hybridized carbons (Fsp3) is 1.00. The molecule has 19 heavy (non-hydrogen) atoms. The van der Waals surface area contributed by atoms with Crippen LogP contribution in [0.4, 0.5) is 0 Å². The average Bonchev–Trinajstić information content (AvgIpc) is 2.29. The molecule has 1 heterocycles. The lowest BCUT2D eigenvalue weighted by molar-refractivity contribution is 0.212. The maximum atomic E-state index is 11.7. The van der Waals surface area contributed by atoms with Crippen molar-refractivity contribution in [3.05, 3.63) is 0 Å². The van der Waals surface area contributed by atoms with Crippen LogP contribution in [0.15, 0.2) is 0 Å². The SMILES string of the molecule is CS(=O)(=O)CCS(=O)(=O)NC1CCN(CCN)CC1. The van der Waals surface area contributed by atoms with Gasteiger partial charge in [-0.2, -0.15) is 0 Å². The second kappa shape index (κ2) is 6.98. The van der Waals surface area contributed by atoms with E-state index in [0.29, 0.717) is 6.54 Å². The largest absolute Gasteiger partial charge is 0.329 e. The van der Waals surface area contributed by atoms with Gasteiger partial charge in [0.15, 0.2) is 0 Å². The van der Waals surface area contributed by atoms with Crippen molar-refractivity contribution in [3.8, 4) is 0 Å². The van der Waals surface area contributed by atoms with Crippen LogP contribution in [0.3, 0.4) is 0 Å². The summed E-state index contributed by atoms with van der Waals surface area (Å²) in [5.41, 5.74) is 5.47. The molecule has 0 aromatic rings. The molecule has 1 aliphatic rings. The number of sulfonamides is 1. The standard InChI is InChI=1S/C10H23N3O4S2/c1-18(14,15)8-9-19(16,17)12-10-2-5-13(6-3-10)7-4-11/h10,12H,2-9,11H2,1H3. The summed E-state index contributed by atoms with van der Waals surface area (Å²) < 4.78 is 48.0. The molecule has 0 spiro atoms. The van der Waals surface area contributed by atoms with Crippen LogP contribution in [0.1, 0.15) is 12.8 Å². The monoisotopic (exact) mass is 313 g/mol. The highest BCUT2D eigenvalue weighted by Gasteiger charge is 2.23. The van der Waals surface area contributed by atoms with Gasteiger partial charge in [0.1, 0.15) is 9.84 Å². The van der Waals surface area contributed by atoms with Gasteiger partial charge in [0.05, 0.1) is 11.5 Å². The summed E-state index contributed by atoms with van der Waals surface area (Å²) >= 11 is 0. The van der Waals surface area contributed by atoms with Crippen LogP contribution in [0.2, 0.25) is 0 Å². The number of hydrogen-bond donors (Lipinski definition) is 2. The van der Waals surface area contributed by atoms with E-state index in [9.17, 15) is 16.8 Å². The molecule has 0 aromatic heterocycles. The van der Waals surface area contributed by atoms with Crippen molar-refractivity contribution in [2.75, 3.05) is 43.9 Å². The number of piperidine rings is 1. The predicted molar refractivity (Wildman–Crippen MR) is 75.1 cm³/mol.